The molecular weight excluding hydrogens is 252 g/mol. The average Bonchev–Trinajstić information content (AvgIpc) is 3.00. The molecule has 100 valence electrons. The van der Waals surface area contributed by atoms with Crippen molar-refractivity contribution in [3.8, 4) is 11.4 Å². The molecule has 6 nitrogen and oxygen atoms in total. The lowest BCUT2D eigenvalue weighted by atomic mass is 10.2. The highest BCUT2D eigenvalue weighted by atomic mass is 15.6. The molecule has 1 aromatic carbocycles. The lowest BCUT2D eigenvalue weighted by Crippen LogP contribution is -2.23. The van der Waals surface area contributed by atoms with Crippen molar-refractivity contribution in [1.29, 1.82) is 0 Å². The molecule has 0 aliphatic heterocycles. The third kappa shape index (κ3) is 2.41. The average molecular weight is 266 g/mol. The van der Waals surface area contributed by atoms with Crippen molar-refractivity contribution in [3.05, 3.63) is 60.4 Å². The summed E-state index contributed by atoms with van der Waals surface area (Å²) >= 11 is 0. The molecule has 0 radical (unpaired) electrons. The third-order valence-electron chi connectivity index (χ3n) is 2.99. The van der Waals surface area contributed by atoms with Gasteiger partial charge in [-0.05, 0) is 17.3 Å². The van der Waals surface area contributed by atoms with E-state index in [0.717, 1.165) is 11.3 Å². The molecule has 3 rings (SSSR count). The van der Waals surface area contributed by atoms with Crippen LogP contribution >= 0.6 is 0 Å². The number of rotatable bonds is 4. The van der Waals surface area contributed by atoms with Crippen LogP contribution < -0.4 is 5.73 Å². The summed E-state index contributed by atoms with van der Waals surface area (Å²) in [6.07, 6.45) is 1.73. The van der Waals surface area contributed by atoms with Crippen LogP contribution in [0.15, 0.2) is 54.7 Å². The number of tetrazole rings is 1. The van der Waals surface area contributed by atoms with Crippen LogP contribution in [-0.2, 0) is 0 Å². The lowest BCUT2D eigenvalue weighted by molar-refractivity contribution is 0.449. The molecule has 0 fully saturated rings. The number of hydrogen-bond acceptors (Lipinski definition) is 5. The van der Waals surface area contributed by atoms with Crippen LogP contribution in [-0.4, -0.2) is 31.7 Å². The van der Waals surface area contributed by atoms with E-state index in [1.165, 1.54) is 4.80 Å². The predicted octanol–water partition coefficient (Wildman–Crippen LogP) is 1.28. The molecule has 2 aromatic heterocycles. The number of nitrogens with two attached hydrogens (primary N) is 1. The highest BCUT2D eigenvalue weighted by Crippen LogP contribution is 2.16. The van der Waals surface area contributed by atoms with E-state index in [2.05, 4.69) is 20.4 Å². The van der Waals surface area contributed by atoms with E-state index >= 15 is 0 Å². The van der Waals surface area contributed by atoms with Crippen LogP contribution in [0.4, 0.5) is 0 Å². The van der Waals surface area contributed by atoms with Crippen molar-refractivity contribution < 1.29 is 0 Å². The van der Waals surface area contributed by atoms with Gasteiger partial charge in [-0.25, -0.2) is 0 Å². The Morgan fingerprint density at radius 2 is 1.85 bits per heavy atom. The Morgan fingerprint density at radius 1 is 1.05 bits per heavy atom. The molecule has 1 unspecified atom stereocenters. The zero-order valence-electron chi connectivity index (χ0n) is 10.8. The Morgan fingerprint density at radius 3 is 2.55 bits per heavy atom. The van der Waals surface area contributed by atoms with Crippen LogP contribution in [0, 0.1) is 0 Å². The summed E-state index contributed by atoms with van der Waals surface area (Å²) in [7, 11) is 0. The molecule has 2 N–H and O–H groups in total. The second kappa shape index (κ2) is 5.58. The summed E-state index contributed by atoms with van der Waals surface area (Å²) in [6, 6.07) is 15.2. The summed E-state index contributed by atoms with van der Waals surface area (Å²) in [5.41, 5.74) is 7.57. The second-order valence-corrected chi connectivity index (χ2v) is 4.31. The number of hydrogen-bond donors (Lipinski definition) is 1. The Hall–Kier alpha value is -2.60. The molecule has 0 aliphatic carbocycles. The van der Waals surface area contributed by atoms with Crippen LogP contribution in [0.2, 0.25) is 0 Å². The van der Waals surface area contributed by atoms with Gasteiger partial charge in [-0.15, -0.1) is 10.2 Å². The van der Waals surface area contributed by atoms with E-state index in [4.69, 9.17) is 5.73 Å². The van der Waals surface area contributed by atoms with Crippen LogP contribution in [0.25, 0.3) is 11.4 Å². The van der Waals surface area contributed by atoms with Gasteiger partial charge in [0.1, 0.15) is 6.04 Å². The summed E-state index contributed by atoms with van der Waals surface area (Å²) in [5.74, 6) is 0.583. The first kappa shape index (κ1) is 12.4. The van der Waals surface area contributed by atoms with Crippen molar-refractivity contribution in [2.45, 2.75) is 6.04 Å². The SMILES string of the molecule is NCC(c1ccccn1)n1nnc(-c2ccccc2)n1. The largest absolute Gasteiger partial charge is 0.328 e. The molecule has 0 spiro atoms. The standard InChI is InChI=1S/C14H14N6/c15-10-13(12-8-4-5-9-16-12)20-18-14(17-19-20)11-6-2-1-3-7-11/h1-9,13H,10,15H2. The van der Waals surface area contributed by atoms with Gasteiger partial charge >= 0.3 is 0 Å². The molecule has 0 saturated heterocycles. The maximum Gasteiger partial charge on any atom is 0.204 e. The van der Waals surface area contributed by atoms with Gasteiger partial charge in [-0.3, -0.25) is 4.98 Å². The zero-order chi connectivity index (χ0) is 13.8. The summed E-state index contributed by atoms with van der Waals surface area (Å²) in [6.45, 7) is 0.363. The summed E-state index contributed by atoms with van der Waals surface area (Å²) in [4.78, 5) is 5.82. The molecule has 0 amide bonds. The second-order valence-electron chi connectivity index (χ2n) is 4.31. The maximum absolute atomic E-state index is 5.82. The number of aromatic nitrogens is 5. The van der Waals surface area contributed by atoms with E-state index < -0.39 is 0 Å². The lowest BCUT2D eigenvalue weighted by Gasteiger charge is -2.11. The van der Waals surface area contributed by atoms with E-state index in [0.29, 0.717) is 12.4 Å². The van der Waals surface area contributed by atoms with Gasteiger partial charge in [0.25, 0.3) is 0 Å². The molecule has 2 heterocycles. The smallest absolute Gasteiger partial charge is 0.204 e. The molecule has 3 aromatic rings. The van der Waals surface area contributed by atoms with Gasteiger partial charge in [0.15, 0.2) is 0 Å². The Labute approximate surface area is 116 Å². The first-order valence-corrected chi connectivity index (χ1v) is 6.34. The van der Waals surface area contributed by atoms with Crippen LogP contribution in [0.3, 0.4) is 0 Å². The predicted molar refractivity (Wildman–Crippen MR) is 74.7 cm³/mol. The normalized spacial score (nSPS) is 12.2. The monoisotopic (exact) mass is 266 g/mol. The Kier molecular flexibility index (Phi) is 3.47. The summed E-state index contributed by atoms with van der Waals surface area (Å²) in [5, 5.41) is 12.6. The highest BCUT2D eigenvalue weighted by molar-refractivity contribution is 5.53. The minimum atomic E-state index is -0.207. The molecular formula is C14H14N6. The topological polar surface area (TPSA) is 82.5 Å². The van der Waals surface area contributed by atoms with Crippen molar-refractivity contribution in [1.82, 2.24) is 25.2 Å². The Balaban J connectivity index is 1.93. The molecule has 1 atom stereocenters. The quantitative estimate of drug-likeness (QED) is 0.769. The zero-order valence-corrected chi connectivity index (χ0v) is 10.8. The first-order valence-electron chi connectivity index (χ1n) is 6.34. The number of benzene rings is 1. The van der Waals surface area contributed by atoms with Crippen molar-refractivity contribution >= 4 is 0 Å². The van der Waals surface area contributed by atoms with Crippen molar-refractivity contribution in [3.63, 3.8) is 0 Å². The fourth-order valence-electron chi connectivity index (χ4n) is 1.97. The van der Waals surface area contributed by atoms with Crippen molar-refractivity contribution in [2.24, 2.45) is 5.73 Å². The minimum absolute atomic E-state index is 0.207. The van der Waals surface area contributed by atoms with E-state index in [1.807, 2.05) is 48.5 Å². The molecule has 0 bridgehead atoms. The van der Waals surface area contributed by atoms with Gasteiger partial charge in [-0.2, -0.15) is 4.80 Å². The van der Waals surface area contributed by atoms with E-state index in [1.54, 1.807) is 6.20 Å². The Bertz CT molecular complexity index is 664. The molecule has 20 heavy (non-hydrogen) atoms. The molecule has 6 heteroatoms. The fraction of sp³-hybridized carbons (Fsp3) is 0.143. The number of nitrogens with zero attached hydrogens (tertiary/aromatic N) is 5. The van der Waals surface area contributed by atoms with E-state index in [9.17, 15) is 0 Å². The number of pyridine rings is 1. The first-order chi connectivity index (χ1) is 9.88. The summed E-state index contributed by atoms with van der Waals surface area (Å²) < 4.78 is 0. The minimum Gasteiger partial charge on any atom is -0.328 e. The molecule has 0 saturated carbocycles. The van der Waals surface area contributed by atoms with Gasteiger partial charge in [0.2, 0.25) is 5.82 Å². The maximum atomic E-state index is 5.82. The van der Waals surface area contributed by atoms with Gasteiger partial charge in [0, 0.05) is 18.3 Å². The van der Waals surface area contributed by atoms with Gasteiger partial charge in [-0.1, -0.05) is 36.4 Å². The molecule has 0 aliphatic rings. The fourth-order valence-corrected chi connectivity index (χ4v) is 1.97. The van der Waals surface area contributed by atoms with Gasteiger partial charge < -0.3 is 5.73 Å². The van der Waals surface area contributed by atoms with Gasteiger partial charge in [0.05, 0.1) is 5.69 Å². The van der Waals surface area contributed by atoms with E-state index in [-0.39, 0.29) is 6.04 Å². The third-order valence-corrected chi connectivity index (χ3v) is 2.99. The van der Waals surface area contributed by atoms with Crippen molar-refractivity contribution in [2.75, 3.05) is 6.54 Å². The van der Waals surface area contributed by atoms with Crippen LogP contribution in [0.1, 0.15) is 11.7 Å². The van der Waals surface area contributed by atoms with Crippen LogP contribution in [0.5, 0.6) is 0 Å². The highest BCUT2D eigenvalue weighted by Gasteiger charge is 2.17.